The Morgan fingerprint density at radius 2 is 1.89 bits per heavy atom. The Kier molecular flexibility index (Phi) is 3.83. The first-order chi connectivity index (χ1) is 8.68. The monoisotopic (exact) mass is 279 g/mol. The molecule has 19 heavy (non-hydrogen) atoms. The summed E-state index contributed by atoms with van der Waals surface area (Å²) in [5.41, 5.74) is 1.15. The Bertz CT molecular complexity index is 564. The van der Waals surface area contributed by atoms with E-state index in [9.17, 15) is 28.1 Å². The second-order valence-electron chi connectivity index (χ2n) is 3.56. The molecule has 10 heteroatoms. The number of rotatable bonds is 4. The molecule has 0 atom stereocenters. The first-order valence-electron chi connectivity index (χ1n) is 4.71. The Balaban J connectivity index is 3.60. The number of halogens is 3. The van der Waals surface area contributed by atoms with Crippen LogP contribution in [0.25, 0.3) is 0 Å². The summed E-state index contributed by atoms with van der Waals surface area (Å²) in [6, 6.07) is 0. The summed E-state index contributed by atoms with van der Waals surface area (Å²) in [6.45, 7) is -0.859. The van der Waals surface area contributed by atoms with Gasteiger partial charge in [-0.05, 0) is 0 Å². The molecule has 0 aliphatic carbocycles. The lowest BCUT2D eigenvalue weighted by atomic mass is 10.2. The number of hydrogen-bond donors (Lipinski definition) is 2. The molecule has 3 N–H and O–H groups in total. The third-order valence-electron chi connectivity index (χ3n) is 2.24. The zero-order valence-electron chi connectivity index (χ0n) is 9.48. The maximum atomic E-state index is 13.7. The number of carbonyl (C=O) groups is 1. The summed E-state index contributed by atoms with van der Waals surface area (Å²) in [4.78, 5) is 20.3. The van der Waals surface area contributed by atoms with Crippen LogP contribution in [0.5, 0.6) is 0 Å². The van der Waals surface area contributed by atoms with E-state index in [1.54, 1.807) is 0 Å². The summed E-state index contributed by atoms with van der Waals surface area (Å²) >= 11 is 0. The minimum atomic E-state index is -1.95. The largest absolute Gasteiger partial charge is 0.480 e. The van der Waals surface area contributed by atoms with Gasteiger partial charge in [0.15, 0.2) is 17.3 Å². The molecule has 0 spiro atoms. The highest BCUT2D eigenvalue weighted by Gasteiger charge is 2.33. The third-order valence-corrected chi connectivity index (χ3v) is 2.24. The van der Waals surface area contributed by atoms with Gasteiger partial charge in [-0.1, -0.05) is 0 Å². The van der Waals surface area contributed by atoms with Crippen LogP contribution >= 0.6 is 0 Å². The first kappa shape index (κ1) is 14.5. The van der Waals surface area contributed by atoms with Crippen molar-refractivity contribution in [2.45, 2.75) is 0 Å². The van der Waals surface area contributed by atoms with Crippen LogP contribution in [0.4, 0.5) is 30.2 Å². The lowest BCUT2D eigenvalue weighted by Gasteiger charge is -2.18. The highest BCUT2D eigenvalue weighted by molar-refractivity contribution is 5.78. The standard InChI is InChI=1S/C9H8F3N3O4/c1-14(2-3(16)17)8-6(12)7(13)4(10)5(11)9(8)15(18)19/h2,13H2,1H3,(H,16,17). The van der Waals surface area contributed by atoms with Crippen molar-refractivity contribution in [3.05, 3.63) is 27.6 Å². The van der Waals surface area contributed by atoms with Gasteiger partial charge in [0.05, 0.1) is 4.92 Å². The summed E-state index contributed by atoms with van der Waals surface area (Å²) in [6.07, 6.45) is 0. The van der Waals surface area contributed by atoms with Crippen LogP contribution in [0.15, 0.2) is 0 Å². The van der Waals surface area contributed by atoms with Crippen LogP contribution in [-0.4, -0.2) is 29.6 Å². The molecule has 0 fully saturated rings. The molecule has 1 rings (SSSR count). The number of nitrogens with two attached hydrogens (primary N) is 1. The normalized spacial score (nSPS) is 10.3. The van der Waals surface area contributed by atoms with E-state index in [1.165, 1.54) is 0 Å². The number of benzene rings is 1. The maximum absolute atomic E-state index is 13.7. The Morgan fingerprint density at radius 1 is 1.37 bits per heavy atom. The quantitative estimate of drug-likeness (QED) is 0.370. The molecular weight excluding hydrogens is 271 g/mol. The average Bonchev–Trinajstić information content (AvgIpc) is 2.29. The van der Waals surface area contributed by atoms with Crippen LogP contribution in [0, 0.1) is 27.6 Å². The fraction of sp³-hybridized carbons (Fsp3) is 0.222. The predicted molar refractivity (Wildman–Crippen MR) is 58.3 cm³/mol. The third kappa shape index (κ3) is 2.51. The molecule has 0 saturated heterocycles. The molecule has 0 unspecified atom stereocenters. The van der Waals surface area contributed by atoms with Crippen LogP contribution in [0.3, 0.4) is 0 Å². The predicted octanol–water partition coefficient (Wildman–Crippen LogP) is 1.12. The number of nitrogen functional groups attached to an aromatic ring is 1. The fourth-order valence-electron chi connectivity index (χ4n) is 1.45. The number of carboxylic acid groups (broad SMARTS) is 1. The van der Waals surface area contributed by atoms with Crippen molar-refractivity contribution < 1.29 is 28.0 Å². The Labute approximate surface area is 104 Å². The highest BCUT2D eigenvalue weighted by atomic mass is 19.2. The van der Waals surface area contributed by atoms with Crippen molar-refractivity contribution in [2.75, 3.05) is 24.2 Å². The van der Waals surface area contributed by atoms with Crippen LogP contribution in [-0.2, 0) is 4.79 Å². The molecular formula is C9H8F3N3O4. The van der Waals surface area contributed by atoms with E-state index in [-0.39, 0.29) is 0 Å². The van der Waals surface area contributed by atoms with Gasteiger partial charge in [-0.15, -0.1) is 0 Å². The first-order valence-corrected chi connectivity index (χ1v) is 4.71. The highest BCUT2D eigenvalue weighted by Crippen LogP contribution is 2.38. The number of hydrogen-bond acceptors (Lipinski definition) is 5. The van der Waals surface area contributed by atoms with Gasteiger partial charge in [0, 0.05) is 7.05 Å². The second kappa shape index (κ2) is 5.00. The number of nitrogens with zero attached hydrogens (tertiary/aromatic N) is 2. The minimum absolute atomic E-state index is 0.550. The van der Waals surface area contributed by atoms with Crippen molar-refractivity contribution in [2.24, 2.45) is 0 Å². The van der Waals surface area contributed by atoms with Crippen LogP contribution < -0.4 is 10.6 Å². The zero-order chi connectivity index (χ0) is 14.9. The lowest BCUT2D eigenvalue weighted by Crippen LogP contribution is -2.27. The summed E-state index contributed by atoms with van der Waals surface area (Å²) < 4.78 is 40.2. The van der Waals surface area contributed by atoms with E-state index < -0.39 is 52.0 Å². The molecule has 0 amide bonds. The molecule has 0 aromatic heterocycles. The van der Waals surface area contributed by atoms with Crippen molar-refractivity contribution in [1.82, 2.24) is 0 Å². The molecule has 1 aromatic carbocycles. The molecule has 0 bridgehead atoms. The number of anilines is 2. The molecule has 1 aromatic rings. The number of carboxylic acids is 1. The van der Waals surface area contributed by atoms with E-state index >= 15 is 0 Å². The van der Waals surface area contributed by atoms with Crippen molar-refractivity contribution >= 4 is 23.0 Å². The van der Waals surface area contributed by atoms with Gasteiger partial charge in [0.2, 0.25) is 5.82 Å². The number of nitro benzene ring substituents is 1. The molecule has 0 radical (unpaired) electrons. The molecule has 0 saturated carbocycles. The number of likely N-dealkylation sites (N-methyl/N-ethyl adjacent to an activating group) is 1. The summed E-state index contributed by atoms with van der Waals surface area (Å²) in [5, 5.41) is 19.2. The summed E-state index contributed by atoms with van der Waals surface area (Å²) in [5.74, 6) is -6.87. The second-order valence-corrected chi connectivity index (χ2v) is 3.56. The molecule has 0 aliphatic rings. The van der Waals surface area contributed by atoms with Gasteiger partial charge in [-0.3, -0.25) is 14.9 Å². The van der Waals surface area contributed by atoms with Crippen molar-refractivity contribution in [3.8, 4) is 0 Å². The van der Waals surface area contributed by atoms with Crippen LogP contribution in [0.1, 0.15) is 0 Å². The van der Waals surface area contributed by atoms with Gasteiger partial charge < -0.3 is 15.7 Å². The average molecular weight is 279 g/mol. The molecule has 7 nitrogen and oxygen atoms in total. The van der Waals surface area contributed by atoms with Crippen molar-refractivity contribution in [1.29, 1.82) is 0 Å². The maximum Gasteiger partial charge on any atom is 0.334 e. The zero-order valence-corrected chi connectivity index (χ0v) is 9.48. The lowest BCUT2D eigenvalue weighted by molar-refractivity contribution is -0.387. The van der Waals surface area contributed by atoms with E-state index in [0.717, 1.165) is 7.05 Å². The van der Waals surface area contributed by atoms with Crippen molar-refractivity contribution in [3.63, 3.8) is 0 Å². The van der Waals surface area contributed by atoms with Crippen LogP contribution in [0.2, 0.25) is 0 Å². The smallest absolute Gasteiger partial charge is 0.334 e. The molecule has 0 heterocycles. The molecule has 104 valence electrons. The van der Waals surface area contributed by atoms with E-state index in [0.29, 0.717) is 4.90 Å². The Hall–Kier alpha value is -2.52. The number of aliphatic carboxylic acids is 1. The van der Waals surface area contributed by atoms with E-state index in [4.69, 9.17) is 10.8 Å². The van der Waals surface area contributed by atoms with Gasteiger partial charge in [0.25, 0.3) is 0 Å². The van der Waals surface area contributed by atoms with Gasteiger partial charge >= 0.3 is 11.7 Å². The van der Waals surface area contributed by atoms with E-state index in [1.807, 2.05) is 0 Å². The Morgan fingerprint density at radius 3 is 2.32 bits per heavy atom. The van der Waals surface area contributed by atoms with E-state index in [2.05, 4.69) is 0 Å². The molecule has 0 aliphatic heterocycles. The summed E-state index contributed by atoms with van der Waals surface area (Å²) in [7, 11) is 0.969. The number of nitro groups is 1. The topological polar surface area (TPSA) is 110 Å². The van der Waals surface area contributed by atoms with Gasteiger partial charge in [-0.2, -0.15) is 4.39 Å². The fourth-order valence-corrected chi connectivity index (χ4v) is 1.45. The van der Waals surface area contributed by atoms with Gasteiger partial charge in [-0.25, -0.2) is 8.78 Å². The minimum Gasteiger partial charge on any atom is -0.480 e. The van der Waals surface area contributed by atoms with Gasteiger partial charge in [0.1, 0.15) is 12.2 Å². The SMILES string of the molecule is CN(CC(=O)O)c1c(F)c(N)c(F)c(F)c1[N+](=O)[O-].